The number of aryl methyl sites for hydroxylation is 1. The van der Waals surface area contributed by atoms with Gasteiger partial charge in [0, 0.05) is 24.1 Å². The fraction of sp³-hybridized carbons (Fsp3) is 0.316. The normalized spacial score (nSPS) is 10.7. The van der Waals surface area contributed by atoms with Crippen molar-refractivity contribution >= 4 is 22.3 Å². The van der Waals surface area contributed by atoms with Gasteiger partial charge in [-0.2, -0.15) is 0 Å². The van der Waals surface area contributed by atoms with Gasteiger partial charge in [0.1, 0.15) is 6.61 Å². The van der Waals surface area contributed by atoms with E-state index in [0.717, 1.165) is 5.56 Å². The van der Waals surface area contributed by atoms with E-state index in [2.05, 4.69) is 4.98 Å². The molecule has 0 radical (unpaired) electrons. The number of hydrogen-bond acceptors (Lipinski definition) is 8. The summed E-state index contributed by atoms with van der Waals surface area (Å²) in [4.78, 5) is 28.9. The van der Waals surface area contributed by atoms with Gasteiger partial charge in [-0.15, -0.1) is 11.3 Å². The van der Waals surface area contributed by atoms with E-state index in [1.54, 1.807) is 23.7 Å². The van der Waals surface area contributed by atoms with Crippen LogP contribution in [0.25, 0.3) is 4.96 Å². The average Bonchev–Trinajstić information content (AvgIpc) is 3.19. The Morgan fingerprint density at radius 1 is 1.11 bits per heavy atom. The number of fused-ring (bicyclic) bond motifs is 1. The quantitative estimate of drug-likeness (QED) is 0.533. The lowest BCUT2D eigenvalue weighted by Gasteiger charge is -2.14. The van der Waals surface area contributed by atoms with Crippen molar-refractivity contribution in [3.8, 4) is 17.2 Å². The van der Waals surface area contributed by atoms with Crippen molar-refractivity contribution in [2.45, 2.75) is 19.4 Å². The highest BCUT2D eigenvalue weighted by Gasteiger charge is 2.14. The van der Waals surface area contributed by atoms with E-state index in [9.17, 15) is 9.59 Å². The minimum atomic E-state index is -0.387. The highest BCUT2D eigenvalue weighted by atomic mass is 32.1. The molecule has 1 aromatic carbocycles. The summed E-state index contributed by atoms with van der Waals surface area (Å²) in [5.41, 5.74) is 1.08. The summed E-state index contributed by atoms with van der Waals surface area (Å²) >= 11 is 1.34. The Kier molecular flexibility index (Phi) is 6.15. The Bertz CT molecular complexity index is 1020. The molecule has 9 heteroatoms. The van der Waals surface area contributed by atoms with Gasteiger partial charge in [0.25, 0.3) is 5.56 Å². The van der Waals surface area contributed by atoms with Gasteiger partial charge >= 0.3 is 5.97 Å². The van der Waals surface area contributed by atoms with Gasteiger partial charge in [-0.1, -0.05) is 0 Å². The molecule has 0 atom stereocenters. The molecule has 0 amide bonds. The molecule has 2 heterocycles. The third-order valence-corrected chi connectivity index (χ3v) is 4.84. The van der Waals surface area contributed by atoms with Crippen molar-refractivity contribution in [3.05, 3.63) is 51.4 Å². The largest absolute Gasteiger partial charge is 0.493 e. The summed E-state index contributed by atoms with van der Waals surface area (Å²) in [6, 6.07) is 4.95. The first-order valence-electron chi connectivity index (χ1n) is 8.46. The van der Waals surface area contributed by atoms with E-state index in [1.165, 1.54) is 43.1 Å². The molecular formula is C19H20N2O6S. The first-order chi connectivity index (χ1) is 13.5. The Labute approximate surface area is 165 Å². The van der Waals surface area contributed by atoms with Crippen molar-refractivity contribution in [1.82, 2.24) is 9.38 Å². The van der Waals surface area contributed by atoms with Crippen LogP contribution >= 0.6 is 11.3 Å². The average molecular weight is 404 g/mol. The molecule has 2 aromatic heterocycles. The van der Waals surface area contributed by atoms with Crippen LogP contribution in [0.15, 0.2) is 34.6 Å². The number of benzene rings is 1. The summed E-state index contributed by atoms with van der Waals surface area (Å²) in [5, 5.41) is 1.77. The molecule has 0 saturated heterocycles. The molecule has 0 spiro atoms. The molecule has 0 saturated carbocycles. The second kappa shape index (κ2) is 8.75. The smallest absolute Gasteiger partial charge is 0.306 e. The highest BCUT2D eigenvalue weighted by Crippen LogP contribution is 2.38. The van der Waals surface area contributed by atoms with Gasteiger partial charge in [0.15, 0.2) is 16.5 Å². The number of thiazole rings is 1. The van der Waals surface area contributed by atoms with Crippen LogP contribution in [0.4, 0.5) is 0 Å². The minimum absolute atomic E-state index is 0.0439. The molecule has 0 aliphatic rings. The maximum atomic E-state index is 12.1. The Morgan fingerprint density at radius 3 is 2.46 bits per heavy atom. The molecule has 0 fully saturated rings. The number of ether oxygens (including phenoxy) is 4. The summed E-state index contributed by atoms with van der Waals surface area (Å²) in [6.07, 6.45) is 2.26. The monoisotopic (exact) mass is 404 g/mol. The lowest BCUT2D eigenvalue weighted by Crippen LogP contribution is -2.14. The van der Waals surface area contributed by atoms with Crippen LogP contribution in [-0.4, -0.2) is 36.7 Å². The van der Waals surface area contributed by atoms with Gasteiger partial charge in [-0.25, -0.2) is 4.98 Å². The SMILES string of the molecule is COc1cc(CCC(=O)OCc2cc(=O)n3ccsc3n2)cc(OC)c1OC. The third-order valence-electron chi connectivity index (χ3n) is 4.08. The van der Waals surface area contributed by atoms with Crippen LogP contribution in [-0.2, 0) is 22.6 Å². The van der Waals surface area contributed by atoms with Crippen LogP contribution in [0.1, 0.15) is 17.7 Å². The minimum Gasteiger partial charge on any atom is -0.493 e. The van der Waals surface area contributed by atoms with Gasteiger partial charge in [-0.05, 0) is 24.1 Å². The molecular weight excluding hydrogens is 384 g/mol. The van der Waals surface area contributed by atoms with Gasteiger partial charge in [0.05, 0.1) is 27.0 Å². The van der Waals surface area contributed by atoms with Crippen LogP contribution in [0, 0.1) is 0 Å². The maximum Gasteiger partial charge on any atom is 0.306 e. The number of nitrogens with zero attached hydrogens (tertiary/aromatic N) is 2. The summed E-state index contributed by atoms with van der Waals surface area (Å²) in [5.74, 6) is 1.16. The number of rotatable bonds is 8. The third kappa shape index (κ3) is 4.25. The molecule has 8 nitrogen and oxygen atoms in total. The Balaban J connectivity index is 1.61. The molecule has 3 rings (SSSR count). The Morgan fingerprint density at radius 2 is 1.82 bits per heavy atom. The van der Waals surface area contributed by atoms with Gasteiger partial charge in [0.2, 0.25) is 5.75 Å². The topological polar surface area (TPSA) is 88.4 Å². The van der Waals surface area contributed by atoms with Crippen LogP contribution < -0.4 is 19.8 Å². The maximum absolute atomic E-state index is 12.1. The van der Waals surface area contributed by atoms with Crippen LogP contribution in [0.2, 0.25) is 0 Å². The van der Waals surface area contributed by atoms with Crippen LogP contribution in [0.5, 0.6) is 17.2 Å². The lowest BCUT2D eigenvalue weighted by molar-refractivity contribution is -0.145. The van der Waals surface area contributed by atoms with E-state index in [4.69, 9.17) is 18.9 Å². The zero-order valence-corrected chi connectivity index (χ0v) is 16.6. The second-order valence-electron chi connectivity index (χ2n) is 5.84. The van der Waals surface area contributed by atoms with E-state index in [0.29, 0.717) is 34.3 Å². The van der Waals surface area contributed by atoms with Crippen molar-refractivity contribution < 1.29 is 23.7 Å². The fourth-order valence-corrected chi connectivity index (χ4v) is 3.45. The molecule has 0 N–H and O–H groups in total. The molecule has 148 valence electrons. The summed E-state index contributed by atoms with van der Waals surface area (Å²) in [7, 11) is 4.61. The number of hydrogen-bond donors (Lipinski definition) is 0. The zero-order chi connectivity index (χ0) is 20.1. The number of aromatic nitrogens is 2. The summed E-state index contributed by atoms with van der Waals surface area (Å²) in [6.45, 7) is -0.0439. The lowest BCUT2D eigenvalue weighted by atomic mass is 10.1. The second-order valence-corrected chi connectivity index (χ2v) is 6.71. The Hall–Kier alpha value is -3.07. The molecule has 0 unspecified atom stereocenters. The zero-order valence-electron chi connectivity index (χ0n) is 15.8. The highest BCUT2D eigenvalue weighted by molar-refractivity contribution is 7.15. The number of carbonyl (C=O) groups is 1. The van der Waals surface area contributed by atoms with Crippen molar-refractivity contribution in [2.24, 2.45) is 0 Å². The van der Waals surface area contributed by atoms with E-state index in [1.807, 2.05) is 0 Å². The van der Waals surface area contributed by atoms with E-state index in [-0.39, 0.29) is 24.6 Å². The fourth-order valence-electron chi connectivity index (χ4n) is 2.71. The van der Waals surface area contributed by atoms with E-state index < -0.39 is 0 Å². The molecule has 0 aliphatic heterocycles. The predicted octanol–water partition coefficient (Wildman–Crippen LogP) is 2.46. The molecule has 0 bridgehead atoms. The van der Waals surface area contributed by atoms with Gasteiger partial charge in [-0.3, -0.25) is 14.0 Å². The molecule has 28 heavy (non-hydrogen) atoms. The first kappa shape index (κ1) is 19.7. The number of methoxy groups -OCH3 is 3. The van der Waals surface area contributed by atoms with Crippen molar-refractivity contribution in [2.75, 3.05) is 21.3 Å². The molecule has 0 aliphatic carbocycles. The van der Waals surface area contributed by atoms with E-state index >= 15 is 0 Å². The van der Waals surface area contributed by atoms with Crippen molar-refractivity contribution in [1.29, 1.82) is 0 Å². The number of carbonyl (C=O) groups excluding carboxylic acids is 1. The number of esters is 1. The molecule has 3 aromatic rings. The predicted molar refractivity (Wildman–Crippen MR) is 104 cm³/mol. The standard InChI is InChI=1S/C19H20N2O6S/c1-24-14-8-12(9-15(25-2)18(14)26-3)4-5-17(23)27-11-13-10-16(22)21-6-7-28-19(21)20-13/h6-10H,4-5,11H2,1-3H3. The van der Waals surface area contributed by atoms with Crippen molar-refractivity contribution in [3.63, 3.8) is 0 Å². The first-order valence-corrected chi connectivity index (χ1v) is 9.34. The summed E-state index contributed by atoms with van der Waals surface area (Å²) < 4.78 is 22.6. The van der Waals surface area contributed by atoms with Gasteiger partial charge < -0.3 is 18.9 Å². The van der Waals surface area contributed by atoms with Crippen LogP contribution in [0.3, 0.4) is 0 Å².